The summed E-state index contributed by atoms with van der Waals surface area (Å²) >= 11 is 0. The van der Waals surface area contributed by atoms with E-state index >= 15 is 0 Å². The van der Waals surface area contributed by atoms with Gasteiger partial charge in [-0.1, -0.05) is 31.0 Å². The maximum Gasteiger partial charge on any atom is 0.165 e. The van der Waals surface area contributed by atoms with Gasteiger partial charge < -0.3 is 15.5 Å². The van der Waals surface area contributed by atoms with Crippen molar-refractivity contribution in [2.75, 3.05) is 18.1 Å². The first-order valence-corrected chi connectivity index (χ1v) is 7.41. The van der Waals surface area contributed by atoms with Crippen molar-refractivity contribution in [3.8, 4) is 0 Å². The third-order valence-electron chi connectivity index (χ3n) is 3.89. The van der Waals surface area contributed by atoms with Crippen LogP contribution in [0.1, 0.15) is 25.3 Å². The number of anilines is 1. The molecule has 0 aromatic heterocycles. The largest absolute Gasteiger partial charge is 0.384 e. The molecule has 0 atom stereocenters. The summed E-state index contributed by atoms with van der Waals surface area (Å²) in [6.07, 6.45) is 4.04. The highest BCUT2D eigenvalue weighted by Crippen LogP contribution is 2.26. The van der Waals surface area contributed by atoms with Crippen molar-refractivity contribution in [2.24, 2.45) is 15.9 Å². The van der Waals surface area contributed by atoms with Gasteiger partial charge in [0.1, 0.15) is 5.82 Å². The van der Waals surface area contributed by atoms with Gasteiger partial charge in [0, 0.05) is 12.2 Å². The molecule has 1 aromatic carbocycles. The number of nitrogens with zero attached hydrogens (tertiary/aromatic N) is 4. The second-order valence-corrected chi connectivity index (χ2v) is 5.49. The van der Waals surface area contributed by atoms with Crippen LogP contribution in [-0.4, -0.2) is 30.2 Å². The summed E-state index contributed by atoms with van der Waals surface area (Å²) in [5, 5.41) is 8.27. The summed E-state index contributed by atoms with van der Waals surface area (Å²) in [4.78, 5) is 4.38. The number of fused-ring (bicyclic) bond motifs is 1. The Balaban J connectivity index is 1.94. The Morgan fingerprint density at radius 2 is 2.00 bits per heavy atom. The molecule has 0 radical (unpaired) electrons. The minimum atomic E-state index is 0.723. The zero-order valence-corrected chi connectivity index (χ0v) is 12.6. The minimum Gasteiger partial charge on any atom is -0.384 e. The first kappa shape index (κ1) is 13.7. The van der Waals surface area contributed by atoms with Gasteiger partial charge in [0.2, 0.25) is 0 Å². The molecule has 2 aliphatic rings. The Morgan fingerprint density at radius 1 is 1.24 bits per heavy atom. The fourth-order valence-electron chi connectivity index (χ4n) is 2.60. The maximum atomic E-state index is 6.33. The summed E-state index contributed by atoms with van der Waals surface area (Å²) in [6.45, 7) is 5.97. The average Bonchev–Trinajstić information content (AvgIpc) is 2.98. The number of unbranched alkanes of at least 4 members (excludes halogenated alkanes) is 1. The van der Waals surface area contributed by atoms with Gasteiger partial charge in [0.05, 0.1) is 18.5 Å². The van der Waals surface area contributed by atoms with Gasteiger partial charge in [-0.15, -0.1) is 5.10 Å². The minimum absolute atomic E-state index is 0.723. The van der Waals surface area contributed by atoms with E-state index in [2.05, 4.69) is 58.1 Å². The maximum absolute atomic E-state index is 6.33. The van der Waals surface area contributed by atoms with E-state index in [1.54, 1.807) is 6.21 Å². The lowest BCUT2D eigenvalue weighted by Gasteiger charge is -2.38. The first-order chi connectivity index (χ1) is 10.2. The monoisotopic (exact) mass is 283 g/mol. The molecule has 0 unspecified atom stereocenters. The third-order valence-corrected chi connectivity index (χ3v) is 3.89. The molecule has 5 heteroatoms. The van der Waals surface area contributed by atoms with Crippen molar-refractivity contribution in [1.29, 1.82) is 0 Å². The lowest BCUT2D eigenvalue weighted by molar-refractivity contribution is 0.403. The lowest BCUT2D eigenvalue weighted by Crippen LogP contribution is -2.49. The van der Waals surface area contributed by atoms with Crippen molar-refractivity contribution in [1.82, 2.24) is 4.90 Å². The second kappa shape index (κ2) is 5.60. The number of aryl methyl sites for hydroxylation is 1. The van der Waals surface area contributed by atoms with Gasteiger partial charge >= 0.3 is 0 Å². The summed E-state index contributed by atoms with van der Waals surface area (Å²) in [7, 11) is 0. The molecule has 1 aromatic rings. The van der Waals surface area contributed by atoms with Crippen LogP contribution >= 0.6 is 0 Å². The van der Waals surface area contributed by atoms with Crippen LogP contribution in [0, 0.1) is 6.92 Å². The topological polar surface area (TPSA) is 57.2 Å². The van der Waals surface area contributed by atoms with E-state index in [4.69, 9.17) is 5.73 Å². The quantitative estimate of drug-likeness (QED) is 0.923. The van der Waals surface area contributed by atoms with Crippen LogP contribution < -0.4 is 10.6 Å². The zero-order chi connectivity index (χ0) is 14.8. The van der Waals surface area contributed by atoms with Crippen molar-refractivity contribution in [3.05, 3.63) is 41.2 Å². The Labute approximate surface area is 125 Å². The highest BCUT2D eigenvalue weighted by molar-refractivity contribution is 6.19. The Hall–Kier alpha value is -2.30. The predicted octanol–water partition coefficient (Wildman–Crippen LogP) is 2.44. The molecule has 0 saturated heterocycles. The van der Waals surface area contributed by atoms with Gasteiger partial charge in [-0.25, -0.2) is 0 Å². The van der Waals surface area contributed by atoms with Gasteiger partial charge in [0.15, 0.2) is 5.84 Å². The van der Waals surface area contributed by atoms with Crippen LogP contribution in [0.15, 0.2) is 45.9 Å². The number of hydrogen-bond donors (Lipinski definition) is 1. The molecular formula is C16H21N5. The lowest BCUT2D eigenvalue weighted by atomic mass is 10.1. The fourth-order valence-corrected chi connectivity index (χ4v) is 2.60. The molecule has 2 aliphatic heterocycles. The molecule has 0 bridgehead atoms. The second-order valence-electron chi connectivity index (χ2n) is 5.49. The summed E-state index contributed by atoms with van der Waals surface area (Å²) in [5.74, 6) is 1.64. The highest BCUT2D eigenvalue weighted by Gasteiger charge is 2.30. The number of benzene rings is 1. The normalized spacial score (nSPS) is 17.3. The van der Waals surface area contributed by atoms with Crippen LogP contribution in [0.3, 0.4) is 0 Å². The molecule has 0 saturated carbocycles. The van der Waals surface area contributed by atoms with Crippen LogP contribution in [0.2, 0.25) is 0 Å². The predicted molar refractivity (Wildman–Crippen MR) is 87.3 cm³/mol. The van der Waals surface area contributed by atoms with Crippen molar-refractivity contribution >= 4 is 17.7 Å². The van der Waals surface area contributed by atoms with Crippen molar-refractivity contribution in [3.63, 3.8) is 0 Å². The molecule has 0 amide bonds. The van der Waals surface area contributed by atoms with E-state index in [9.17, 15) is 0 Å². The van der Waals surface area contributed by atoms with Crippen LogP contribution in [-0.2, 0) is 0 Å². The van der Waals surface area contributed by atoms with E-state index in [0.717, 1.165) is 49.0 Å². The van der Waals surface area contributed by atoms with Gasteiger partial charge in [-0.3, -0.25) is 0 Å². The fraction of sp³-hybridized carbons (Fsp3) is 0.375. The highest BCUT2D eigenvalue weighted by atomic mass is 15.4. The molecule has 3 rings (SSSR count). The summed E-state index contributed by atoms with van der Waals surface area (Å²) in [6, 6.07) is 8.43. The van der Waals surface area contributed by atoms with E-state index in [1.165, 1.54) is 5.56 Å². The molecule has 2 N–H and O–H groups in total. The number of hydrogen-bond acceptors (Lipinski definition) is 5. The van der Waals surface area contributed by atoms with E-state index < -0.39 is 0 Å². The van der Waals surface area contributed by atoms with Gasteiger partial charge in [0.25, 0.3) is 0 Å². The molecule has 5 nitrogen and oxygen atoms in total. The molecule has 0 fully saturated rings. The molecule has 2 heterocycles. The Kier molecular flexibility index (Phi) is 3.64. The summed E-state index contributed by atoms with van der Waals surface area (Å²) < 4.78 is 0. The van der Waals surface area contributed by atoms with Crippen LogP contribution in [0.4, 0.5) is 5.69 Å². The van der Waals surface area contributed by atoms with Gasteiger partial charge in [-0.2, -0.15) is 5.10 Å². The summed E-state index contributed by atoms with van der Waals surface area (Å²) in [5.41, 5.74) is 9.61. The number of nitrogens with two attached hydrogens (primary N) is 1. The van der Waals surface area contributed by atoms with E-state index in [1.807, 2.05) is 0 Å². The standard InChI is InChI=1S/C16H21N5/c1-3-4-9-20-11-21(13-7-5-12(2)6-8-13)15(17)14-10-18-19-16(14)20/h5-8,10H,3-4,9,11,17H2,1-2H3. The van der Waals surface area contributed by atoms with Crippen LogP contribution in [0.25, 0.3) is 0 Å². The Bertz CT molecular complexity index is 612. The van der Waals surface area contributed by atoms with E-state index in [0.29, 0.717) is 0 Å². The zero-order valence-electron chi connectivity index (χ0n) is 12.6. The van der Waals surface area contributed by atoms with Gasteiger partial charge in [-0.05, 0) is 25.5 Å². The van der Waals surface area contributed by atoms with Crippen molar-refractivity contribution in [2.45, 2.75) is 26.7 Å². The molecule has 21 heavy (non-hydrogen) atoms. The average molecular weight is 283 g/mol. The number of amidine groups is 1. The van der Waals surface area contributed by atoms with Crippen molar-refractivity contribution < 1.29 is 0 Å². The number of rotatable bonds is 4. The molecular weight excluding hydrogens is 262 g/mol. The van der Waals surface area contributed by atoms with Crippen LogP contribution in [0.5, 0.6) is 0 Å². The van der Waals surface area contributed by atoms with E-state index in [-0.39, 0.29) is 0 Å². The first-order valence-electron chi connectivity index (χ1n) is 7.41. The smallest absolute Gasteiger partial charge is 0.165 e. The SMILES string of the molecule is CCCCN1CN(c2ccc(C)cc2)C(N)=C2C=NN=C21. The molecule has 0 aliphatic carbocycles. The Morgan fingerprint density at radius 3 is 2.71 bits per heavy atom. The molecule has 110 valence electrons. The third kappa shape index (κ3) is 2.51. The molecule has 0 spiro atoms.